The quantitative estimate of drug-likeness (QED) is 0.453. The fourth-order valence-electron chi connectivity index (χ4n) is 3.01. The fraction of sp³-hybridized carbons (Fsp3) is 0.0435. The topological polar surface area (TPSA) is 59.3 Å². The van der Waals surface area contributed by atoms with Crippen LogP contribution in [0.4, 0.5) is 10.1 Å². The summed E-state index contributed by atoms with van der Waals surface area (Å²) in [5.41, 5.74) is 1.23. The molecule has 6 heteroatoms. The monoisotopic (exact) mass is 407 g/mol. The van der Waals surface area contributed by atoms with E-state index in [1.54, 1.807) is 48.5 Å². The summed E-state index contributed by atoms with van der Waals surface area (Å²) in [6, 6.07) is 20.9. The van der Waals surface area contributed by atoms with Gasteiger partial charge in [0.15, 0.2) is 5.43 Å². The lowest BCUT2D eigenvalue weighted by Gasteiger charge is -2.11. The third-order valence-electron chi connectivity index (χ3n) is 4.46. The molecule has 1 unspecified atom stereocenters. The molecule has 0 fully saturated rings. The number of hydrogen-bond donors (Lipinski definition) is 1. The molecule has 144 valence electrons. The van der Waals surface area contributed by atoms with Gasteiger partial charge in [-0.05, 0) is 35.9 Å². The molecule has 0 aliphatic rings. The number of rotatable bonds is 4. The number of hydrogen-bond acceptors (Lipinski definition) is 3. The average molecular weight is 408 g/mol. The van der Waals surface area contributed by atoms with Crippen molar-refractivity contribution in [3.8, 4) is 11.3 Å². The fourth-order valence-corrected chi connectivity index (χ4v) is 3.21. The Labute approximate surface area is 170 Å². The SMILES string of the molecule is O=C(Nc1ccc2oc(-c3ccccc3F)cc(=O)c2c1)C(Cl)c1ccccc1. The zero-order valence-electron chi connectivity index (χ0n) is 15.1. The molecule has 1 aromatic heterocycles. The van der Waals surface area contributed by atoms with Crippen molar-refractivity contribution in [1.82, 2.24) is 0 Å². The molecule has 0 radical (unpaired) electrons. The highest BCUT2D eigenvalue weighted by Gasteiger charge is 2.18. The number of alkyl halides is 1. The molecule has 4 nitrogen and oxygen atoms in total. The van der Waals surface area contributed by atoms with Crippen molar-refractivity contribution in [3.05, 3.63) is 100 Å². The molecular weight excluding hydrogens is 393 g/mol. The maximum absolute atomic E-state index is 14.0. The van der Waals surface area contributed by atoms with E-state index in [1.165, 1.54) is 24.3 Å². The molecule has 1 heterocycles. The predicted octanol–water partition coefficient (Wildman–Crippen LogP) is 5.52. The van der Waals surface area contributed by atoms with Crippen LogP contribution in [0.3, 0.4) is 0 Å². The molecule has 1 amide bonds. The highest BCUT2D eigenvalue weighted by Crippen LogP contribution is 2.27. The highest BCUT2D eigenvalue weighted by atomic mass is 35.5. The first-order valence-electron chi connectivity index (χ1n) is 8.85. The molecule has 0 spiro atoms. The second kappa shape index (κ2) is 7.89. The van der Waals surface area contributed by atoms with E-state index in [9.17, 15) is 14.0 Å². The van der Waals surface area contributed by atoms with Gasteiger partial charge in [-0.1, -0.05) is 42.5 Å². The molecule has 0 aliphatic carbocycles. The lowest BCUT2D eigenvalue weighted by Crippen LogP contribution is -2.17. The number of fused-ring (bicyclic) bond motifs is 1. The maximum atomic E-state index is 14.0. The maximum Gasteiger partial charge on any atom is 0.246 e. The van der Waals surface area contributed by atoms with Crippen LogP contribution in [-0.4, -0.2) is 5.91 Å². The standard InChI is InChI=1S/C23H15ClFNO3/c24-22(14-6-2-1-3-7-14)23(28)26-15-10-11-20-17(12-15)19(27)13-21(29-20)16-8-4-5-9-18(16)25/h1-13,22H,(H,26,28). The molecule has 1 N–H and O–H groups in total. The second-order valence-electron chi connectivity index (χ2n) is 6.43. The van der Waals surface area contributed by atoms with Gasteiger partial charge in [0.1, 0.15) is 22.5 Å². The summed E-state index contributed by atoms with van der Waals surface area (Å²) >= 11 is 6.23. The van der Waals surface area contributed by atoms with Crippen molar-refractivity contribution in [2.75, 3.05) is 5.32 Å². The van der Waals surface area contributed by atoms with Crippen LogP contribution in [0.25, 0.3) is 22.3 Å². The Morgan fingerprint density at radius 1 is 0.966 bits per heavy atom. The molecular formula is C23H15ClFNO3. The largest absolute Gasteiger partial charge is 0.456 e. The molecule has 0 saturated heterocycles. The van der Waals surface area contributed by atoms with E-state index in [-0.39, 0.29) is 22.1 Å². The van der Waals surface area contributed by atoms with Crippen molar-refractivity contribution in [2.45, 2.75) is 5.38 Å². The van der Waals surface area contributed by atoms with Gasteiger partial charge in [0.2, 0.25) is 5.91 Å². The van der Waals surface area contributed by atoms with E-state index >= 15 is 0 Å². The van der Waals surface area contributed by atoms with Gasteiger partial charge >= 0.3 is 0 Å². The molecule has 29 heavy (non-hydrogen) atoms. The predicted molar refractivity (Wildman–Crippen MR) is 112 cm³/mol. The Morgan fingerprint density at radius 3 is 2.45 bits per heavy atom. The Kier molecular flexibility index (Phi) is 5.14. The van der Waals surface area contributed by atoms with Crippen molar-refractivity contribution < 1.29 is 13.6 Å². The molecule has 0 aliphatic heterocycles. The van der Waals surface area contributed by atoms with Crippen LogP contribution >= 0.6 is 11.6 Å². The van der Waals surface area contributed by atoms with Crippen LogP contribution in [0.2, 0.25) is 0 Å². The Balaban J connectivity index is 1.64. The zero-order valence-corrected chi connectivity index (χ0v) is 15.8. The number of benzene rings is 3. The third-order valence-corrected chi connectivity index (χ3v) is 4.91. The summed E-state index contributed by atoms with van der Waals surface area (Å²) in [4.78, 5) is 25.0. The summed E-state index contributed by atoms with van der Waals surface area (Å²) < 4.78 is 19.7. The lowest BCUT2D eigenvalue weighted by molar-refractivity contribution is -0.116. The molecule has 4 aromatic rings. The van der Waals surface area contributed by atoms with Crippen molar-refractivity contribution in [1.29, 1.82) is 0 Å². The van der Waals surface area contributed by atoms with Crippen molar-refractivity contribution >= 4 is 34.2 Å². The lowest BCUT2D eigenvalue weighted by atomic mass is 10.1. The second-order valence-corrected chi connectivity index (χ2v) is 6.86. The van der Waals surface area contributed by atoms with Crippen LogP contribution in [0.5, 0.6) is 0 Å². The number of anilines is 1. The van der Waals surface area contributed by atoms with Crippen LogP contribution in [-0.2, 0) is 4.79 Å². The van der Waals surface area contributed by atoms with Crippen LogP contribution in [0.15, 0.2) is 88.1 Å². The molecule has 3 aromatic carbocycles. The van der Waals surface area contributed by atoms with E-state index in [0.717, 1.165) is 0 Å². The normalized spacial score (nSPS) is 11.9. The average Bonchev–Trinajstić information content (AvgIpc) is 2.74. The first kappa shape index (κ1) is 18.9. The number of nitrogens with one attached hydrogen (secondary N) is 1. The van der Waals surface area contributed by atoms with E-state index in [1.807, 2.05) is 6.07 Å². The molecule has 1 atom stereocenters. The van der Waals surface area contributed by atoms with Gasteiger partial charge in [-0.25, -0.2) is 4.39 Å². The van der Waals surface area contributed by atoms with Gasteiger partial charge in [0.05, 0.1) is 10.9 Å². The number of halogens is 2. The zero-order chi connectivity index (χ0) is 20.4. The van der Waals surface area contributed by atoms with Crippen molar-refractivity contribution in [2.24, 2.45) is 0 Å². The smallest absolute Gasteiger partial charge is 0.246 e. The van der Waals surface area contributed by atoms with E-state index < -0.39 is 17.1 Å². The summed E-state index contributed by atoms with van der Waals surface area (Å²) in [7, 11) is 0. The molecule has 0 saturated carbocycles. The highest BCUT2D eigenvalue weighted by molar-refractivity contribution is 6.32. The third kappa shape index (κ3) is 3.91. The minimum absolute atomic E-state index is 0.141. The van der Waals surface area contributed by atoms with Gasteiger partial charge in [-0.3, -0.25) is 9.59 Å². The first-order chi connectivity index (χ1) is 14.0. The van der Waals surface area contributed by atoms with E-state index in [0.29, 0.717) is 16.8 Å². The van der Waals surface area contributed by atoms with Crippen LogP contribution in [0, 0.1) is 5.82 Å². The van der Waals surface area contributed by atoms with Crippen molar-refractivity contribution in [3.63, 3.8) is 0 Å². The minimum Gasteiger partial charge on any atom is -0.456 e. The summed E-state index contributed by atoms with van der Waals surface area (Å²) in [5, 5.41) is 2.11. The summed E-state index contributed by atoms with van der Waals surface area (Å²) in [5.74, 6) is -0.750. The van der Waals surface area contributed by atoms with Gasteiger partial charge in [0.25, 0.3) is 0 Å². The summed E-state index contributed by atoms with van der Waals surface area (Å²) in [6.45, 7) is 0. The Morgan fingerprint density at radius 2 is 1.69 bits per heavy atom. The van der Waals surface area contributed by atoms with Crippen LogP contribution < -0.4 is 10.7 Å². The molecule has 0 bridgehead atoms. The molecule has 4 rings (SSSR count). The Hall–Kier alpha value is -3.44. The number of carbonyl (C=O) groups excluding carboxylic acids is 1. The van der Waals surface area contributed by atoms with Crippen LogP contribution in [0.1, 0.15) is 10.9 Å². The van der Waals surface area contributed by atoms with Gasteiger partial charge in [0, 0.05) is 11.8 Å². The van der Waals surface area contributed by atoms with Gasteiger partial charge in [-0.2, -0.15) is 0 Å². The Bertz CT molecular complexity index is 1250. The van der Waals surface area contributed by atoms with E-state index in [2.05, 4.69) is 5.32 Å². The number of carbonyl (C=O) groups is 1. The van der Waals surface area contributed by atoms with E-state index in [4.69, 9.17) is 16.0 Å². The van der Waals surface area contributed by atoms with Gasteiger partial charge in [-0.15, -0.1) is 11.6 Å². The van der Waals surface area contributed by atoms with Gasteiger partial charge < -0.3 is 9.73 Å². The summed E-state index contributed by atoms with van der Waals surface area (Å²) in [6.07, 6.45) is 0. The minimum atomic E-state index is -0.869. The number of amides is 1. The first-order valence-corrected chi connectivity index (χ1v) is 9.29.